The summed E-state index contributed by atoms with van der Waals surface area (Å²) in [5.74, 6) is -1.93. The van der Waals surface area contributed by atoms with Crippen molar-refractivity contribution in [1.82, 2.24) is 9.61 Å². The van der Waals surface area contributed by atoms with E-state index in [0.29, 0.717) is 29.7 Å². The standard InChI is InChI=1S/C25H22F2N4O3S/c1-16-5-2-3-7-24(16)35(33,34)29-25(32)20-15-28-31-12-10-18(14-23(20)31)30-11-4-6-22(30)19-13-17(26)8-9-21(19)27/h2-3,5,7-10,12-15,22H,4,6,11H2,1H3,(H,29,32)/p-1/t22-/m1/s1. The van der Waals surface area contributed by atoms with Crippen LogP contribution in [0.3, 0.4) is 0 Å². The fourth-order valence-corrected chi connectivity index (χ4v) is 5.68. The summed E-state index contributed by atoms with van der Waals surface area (Å²) < 4.78 is 58.8. The van der Waals surface area contributed by atoms with Gasteiger partial charge in [-0.05, 0) is 61.7 Å². The minimum Gasteiger partial charge on any atom is -0.858 e. The highest BCUT2D eigenvalue weighted by Gasteiger charge is 2.29. The van der Waals surface area contributed by atoms with Crippen molar-refractivity contribution >= 4 is 27.1 Å². The van der Waals surface area contributed by atoms with Gasteiger partial charge in [0.25, 0.3) is 10.0 Å². The van der Waals surface area contributed by atoms with E-state index in [9.17, 15) is 22.3 Å². The number of fused-ring (bicyclic) bond motifs is 1. The van der Waals surface area contributed by atoms with Gasteiger partial charge in [-0.25, -0.2) is 13.3 Å². The number of aryl methyl sites for hydroxylation is 1. The molecule has 0 radical (unpaired) electrons. The van der Waals surface area contributed by atoms with Crippen LogP contribution in [-0.2, 0) is 10.0 Å². The highest BCUT2D eigenvalue weighted by Crippen LogP contribution is 2.38. The normalized spacial score (nSPS) is 16.8. The van der Waals surface area contributed by atoms with Crippen LogP contribution in [-0.4, -0.2) is 30.5 Å². The van der Waals surface area contributed by atoms with E-state index >= 15 is 0 Å². The van der Waals surface area contributed by atoms with Gasteiger partial charge in [0, 0.05) is 35.5 Å². The number of benzene rings is 2. The molecule has 10 heteroatoms. The molecule has 1 fully saturated rings. The molecule has 4 aromatic rings. The van der Waals surface area contributed by atoms with Crippen molar-refractivity contribution in [2.75, 3.05) is 11.4 Å². The Kier molecular flexibility index (Phi) is 5.76. The van der Waals surface area contributed by atoms with Crippen LogP contribution < -0.4 is 10.0 Å². The van der Waals surface area contributed by atoms with Gasteiger partial charge in [-0.3, -0.25) is 0 Å². The molecule has 2 aromatic heterocycles. The molecule has 0 aliphatic carbocycles. The van der Waals surface area contributed by atoms with E-state index in [0.717, 1.165) is 18.6 Å². The van der Waals surface area contributed by atoms with Crippen molar-refractivity contribution in [3.05, 3.63) is 95.3 Å². The quantitative estimate of drug-likeness (QED) is 0.311. The Morgan fingerprint density at radius 3 is 2.74 bits per heavy atom. The first kappa shape index (κ1) is 23.0. The van der Waals surface area contributed by atoms with Gasteiger partial charge < -0.3 is 10.0 Å². The van der Waals surface area contributed by atoms with Crippen molar-refractivity contribution in [1.29, 1.82) is 0 Å². The van der Waals surface area contributed by atoms with Crippen molar-refractivity contribution in [2.24, 2.45) is 4.40 Å². The molecule has 1 aliphatic rings. The van der Waals surface area contributed by atoms with Gasteiger partial charge in [0.1, 0.15) is 11.6 Å². The monoisotopic (exact) mass is 495 g/mol. The Labute approximate surface area is 201 Å². The van der Waals surface area contributed by atoms with Gasteiger partial charge in [-0.1, -0.05) is 18.2 Å². The first-order valence-electron chi connectivity index (χ1n) is 11.0. The van der Waals surface area contributed by atoms with E-state index in [1.807, 2.05) is 4.90 Å². The molecule has 7 nitrogen and oxygen atoms in total. The van der Waals surface area contributed by atoms with Gasteiger partial charge in [-0.2, -0.15) is 17.9 Å². The molecule has 5 rings (SSSR count). The molecule has 1 atom stereocenters. The average Bonchev–Trinajstić information content (AvgIpc) is 3.47. The van der Waals surface area contributed by atoms with E-state index in [2.05, 4.69) is 9.50 Å². The zero-order chi connectivity index (χ0) is 24.7. The summed E-state index contributed by atoms with van der Waals surface area (Å²) in [4.78, 5) is 1.91. The molecule has 0 saturated carbocycles. The van der Waals surface area contributed by atoms with Gasteiger partial charge in [-0.15, -0.1) is 0 Å². The highest BCUT2D eigenvalue weighted by atomic mass is 32.2. The third-order valence-electron chi connectivity index (χ3n) is 6.21. The van der Waals surface area contributed by atoms with Crippen LogP contribution in [0.15, 0.2) is 76.3 Å². The van der Waals surface area contributed by atoms with Gasteiger partial charge in [0.15, 0.2) is 0 Å². The number of halogens is 2. The molecule has 1 aliphatic heterocycles. The molecule has 35 heavy (non-hydrogen) atoms. The summed E-state index contributed by atoms with van der Waals surface area (Å²) in [7, 11) is -4.21. The van der Waals surface area contributed by atoms with E-state index in [4.69, 9.17) is 0 Å². The van der Waals surface area contributed by atoms with Crippen molar-refractivity contribution in [3.63, 3.8) is 0 Å². The lowest BCUT2D eigenvalue weighted by molar-refractivity contribution is -0.212. The number of rotatable bonds is 5. The molecule has 3 heterocycles. The molecule has 180 valence electrons. The second-order valence-corrected chi connectivity index (χ2v) is 10.00. The first-order chi connectivity index (χ1) is 16.7. The van der Waals surface area contributed by atoms with Crippen molar-refractivity contribution < 1.29 is 22.3 Å². The Morgan fingerprint density at radius 2 is 1.94 bits per heavy atom. The minimum absolute atomic E-state index is 0.0247. The maximum Gasteiger partial charge on any atom is 0.281 e. The molecular weight excluding hydrogens is 474 g/mol. The summed E-state index contributed by atoms with van der Waals surface area (Å²) >= 11 is 0. The molecule has 0 unspecified atom stereocenters. The maximum absolute atomic E-state index is 14.5. The van der Waals surface area contributed by atoms with Crippen LogP contribution in [0, 0.1) is 18.6 Å². The lowest BCUT2D eigenvalue weighted by Crippen LogP contribution is -2.24. The second-order valence-electron chi connectivity index (χ2n) is 8.43. The van der Waals surface area contributed by atoms with Crippen molar-refractivity contribution in [3.8, 4) is 0 Å². The molecule has 0 bridgehead atoms. The summed E-state index contributed by atoms with van der Waals surface area (Å²) in [6.45, 7) is 2.24. The lowest BCUT2D eigenvalue weighted by Gasteiger charge is -2.27. The number of hydrogen-bond donors (Lipinski definition) is 0. The summed E-state index contributed by atoms with van der Waals surface area (Å²) in [5, 5.41) is 17.1. The Bertz CT molecular complexity index is 1570. The smallest absolute Gasteiger partial charge is 0.281 e. The van der Waals surface area contributed by atoms with E-state index in [1.165, 1.54) is 22.8 Å². The summed E-state index contributed by atoms with van der Waals surface area (Å²) in [5.41, 5.74) is 1.82. The average molecular weight is 496 g/mol. The number of aromatic nitrogens is 2. The van der Waals surface area contributed by atoms with Crippen LogP contribution in [0.5, 0.6) is 0 Å². The SMILES string of the molecule is Cc1ccccc1S(=O)(=O)/N=C(\[O-])c1cnn2ccc(N3CCC[C@@H]3c3cc(F)ccc3F)cc12. The summed E-state index contributed by atoms with van der Waals surface area (Å²) in [6.07, 6.45) is 4.32. The van der Waals surface area contributed by atoms with E-state index < -0.39 is 27.6 Å². The Balaban J connectivity index is 1.53. The Morgan fingerprint density at radius 1 is 1.14 bits per heavy atom. The van der Waals surface area contributed by atoms with Crippen LogP contribution in [0.2, 0.25) is 0 Å². The number of pyridine rings is 1. The number of nitrogens with zero attached hydrogens (tertiary/aromatic N) is 4. The molecule has 0 amide bonds. The lowest BCUT2D eigenvalue weighted by atomic mass is 10.0. The highest BCUT2D eigenvalue weighted by molar-refractivity contribution is 7.90. The van der Waals surface area contributed by atoms with Gasteiger partial charge in [0.05, 0.1) is 22.7 Å². The van der Waals surface area contributed by atoms with E-state index in [1.54, 1.807) is 43.5 Å². The third kappa shape index (κ3) is 4.25. The van der Waals surface area contributed by atoms with Gasteiger partial charge in [0.2, 0.25) is 0 Å². The second kappa shape index (κ2) is 8.77. The number of anilines is 1. The zero-order valence-electron chi connectivity index (χ0n) is 18.7. The van der Waals surface area contributed by atoms with Crippen LogP contribution in [0.1, 0.15) is 35.6 Å². The number of hydrogen-bond acceptors (Lipinski definition) is 5. The largest absolute Gasteiger partial charge is 0.858 e. The van der Waals surface area contributed by atoms with Crippen LogP contribution >= 0.6 is 0 Å². The predicted octanol–water partition coefficient (Wildman–Crippen LogP) is 3.76. The predicted molar refractivity (Wildman–Crippen MR) is 126 cm³/mol. The van der Waals surface area contributed by atoms with Crippen LogP contribution in [0.4, 0.5) is 14.5 Å². The van der Waals surface area contributed by atoms with Gasteiger partial charge >= 0.3 is 0 Å². The van der Waals surface area contributed by atoms with E-state index in [-0.39, 0.29) is 22.1 Å². The number of sulfonamides is 1. The fourth-order valence-electron chi connectivity index (χ4n) is 4.54. The third-order valence-corrected chi connectivity index (χ3v) is 7.63. The van der Waals surface area contributed by atoms with Crippen LogP contribution in [0.25, 0.3) is 5.52 Å². The zero-order valence-corrected chi connectivity index (χ0v) is 19.5. The fraction of sp³-hybridized carbons (Fsp3) is 0.200. The Hall–Kier alpha value is -3.79. The summed E-state index contributed by atoms with van der Waals surface area (Å²) in [6, 6.07) is 12.8. The maximum atomic E-state index is 14.5. The molecule has 0 N–H and O–H groups in total. The molecule has 0 spiro atoms. The molecular formula is C25H21F2N4O3S-. The first-order valence-corrected chi connectivity index (χ1v) is 12.5. The molecule has 1 saturated heterocycles. The van der Waals surface area contributed by atoms with Crippen molar-refractivity contribution in [2.45, 2.75) is 30.7 Å². The minimum atomic E-state index is -4.21. The topological polar surface area (TPSA) is 90.1 Å². The molecule has 2 aromatic carbocycles.